The molecule has 0 fully saturated rings. The van der Waals surface area contributed by atoms with Crippen LogP contribution in [0.5, 0.6) is 5.75 Å². The number of ether oxygens (including phenoxy) is 1. The minimum Gasteiger partial charge on any atom is -0.496 e. The Balaban J connectivity index is 1.92. The normalized spacial score (nSPS) is 11.8. The molecule has 7 heteroatoms. The highest BCUT2D eigenvalue weighted by molar-refractivity contribution is 7.15. The third-order valence-corrected chi connectivity index (χ3v) is 4.37. The zero-order valence-electron chi connectivity index (χ0n) is 13.8. The number of anilines is 1. The lowest BCUT2D eigenvalue weighted by Gasteiger charge is -2.09. The first-order valence-corrected chi connectivity index (χ1v) is 8.15. The van der Waals surface area contributed by atoms with Gasteiger partial charge in [0.15, 0.2) is 0 Å². The Morgan fingerprint density at radius 3 is 2.79 bits per heavy atom. The van der Waals surface area contributed by atoms with Crippen LogP contribution in [-0.2, 0) is 4.79 Å². The number of methoxy groups -OCH3 is 1. The van der Waals surface area contributed by atoms with Crippen LogP contribution in [-0.4, -0.2) is 23.2 Å². The van der Waals surface area contributed by atoms with Crippen molar-refractivity contribution in [3.05, 3.63) is 40.6 Å². The Hall–Kier alpha value is -2.67. The number of carbonyl (C=O) groups excluding carboxylic acids is 1. The number of amides is 1. The number of hydrogen-bond donors (Lipinski definition) is 1. The number of fused-ring (bicyclic) bond motifs is 1. The number of hydrogen-bond acceptors (Lipinski definition) is 6. The van der Waals surface area contributed by atoms with Crippen LogP contribution >= 0.6 is 11.3 Å². The van der Waals surface area contributed by atoms with Crippen LogP contribution in [0.4, 0.5) is 5.13 Å². The Morgan fingerprint density at radius 2 is 2.12 bits per heavy atom. The summed E-state index contributed by atoms with van der Waals surface area (Å²) in [6.45, 7) is 5.68. The van der Waals surface area contributed by atoms with Crippen LogP contribution in [0.15, 0.2) is 28.9 Å². The number of nitrogens with zero attached hydrogens (tertiary/aromatic N) is 2. The van der Waals surface area contributed by atoms with Crippen LogP contribution < -0.4 is 10.1 Å². The quantitative estimate of drug-likeness (QED) is 0.726. The van der Waals surface area contributed by atoms with Crippen LogP contribution in [0.25, 0.3) is 16.5 Å². The van der Waals surface area contributed by atoms with Crippen molar-refractivity contribution in [1.82, 2.24) is 10.2 Å². The molecule has 1 N–H and O–H groups in total. The van der Waals surface area contributed by atoms with E-state index in [1.54, 1.807) is 13.4 Å². The molecule has 24 heavy (non-hydrogen) atoms. The number of nitrogens with one attached hydrogen (secondary N) is 1. The van der Waals surface area contributed by atoms with E-state index in [1.807, 2.05) is 32.9 Å². The molecule has 3 aromatic rings. The van der Waals surface area contributed by atoms with E-state index in [1.165, 1.54) is 17.4 Å². The summed E-state index contributed by atoms with van der Waals surface area (Å²) in [6.07, 6.45) is 3.23. The molecule has 2 heterocycles. The molecule has 124 valence electrons. The summed E-state index contributed by atoms with van der Waals surface area (Å²) < 4.78 is 10.9. The molecule has 1 amide bonds. The van der Waals surface area contributed by atoms with Gasteiger partial charge in [-0.1, -0.05) is 11.3 Å². The van der Waals surface area contributed by atoms with Gasteiger partial charge in [0.1, 0.15) is 16.3 Å². The summed E-state index contributed by atoms with van der Waals surface area (Å²) in [5.74, 6) is 0.403. The van der Waals surface area contributed by atoms with Gasteiger partial charge in [-0.25, -0.2) is 0 Å². The van der Waals surface area contributed by atoms with E-state index in [0.717, 1.165) is 32.7 Å². The van der Waals surface area contributed by atoms with Crippen molar-refractivity contribution < 1.29 is 13.9 Å². The van der Waals surface area contributed by atoms with E-state index < -0.39 is 0 Å². The predicted octanol–water partition coefficient (Wildman–Crippen LogP) is 3.95. The monoisotopic (exact) mass is 343 g/mol. The molecule has 0 saturated heterocycles. The van der Waals surface area contributed by atoms with Crippen molar-refractivity contribution in [2.45, 2.75) is 20.8 Å². The number of furan rings is 1. The molecule has 2 aromatic heterocycles. The van der Waals surface area contributed by atoms with Gasteiger partial charge < -0.3 is 9.15 Å². The van der Waals surface area contributed by atoms with Crippen LogP contribution in [0.2, 0.25) is 0 Å². The first-order chi connectivity index (χ1) is 11.5. The van der Waals surface area contributed by atoms with Crippen molar-refractivity contribution in [2.75, 3.05) is 12.4 Å². The van der Waals surface area contributed by atoms with Crippen molar-refractivity contribution in [1.29, 1.82) is 0 Å². The minimum atomic E-state index is -0.255. The second kappa shape index (κ2) is 6.45. The van der Waals surface area contributed by atoms with Crippen molar-refractivity contribution >= 4 is 38.9 Å². The fourth-order valence-electron chi connectivity index (χ4n) is 2.42. The molecule has 6 nitrogen and oxygen atoms in total. The topological polar surface area (TPSA) is 77.2 Å². The van der Waals surface area contributed by atoms with Crippen molar-refractivity contribution in [3.63, 3.8) is 0 Å². The summed E-state index contributed by atoms with van der Waals surface area (Å²) in [5.41, 5.74) is 3.43. The Bertz CT molecular complexity index is 940. The summed E-state index contributed by atoms with van der Waals surface area (Å²) in [5, 5.41) is 12.8. The molecule has 3 rings (SSSR count). The highest BCUT2D eigenvalue weighted by atomic mass is 32.1. The van der Waals surface area contributed by atoms with E-state index in [9.17, 15) is 4.79 Å². The molecule has 0 aliphatic carbocycles. The molecule has 0 saturated carbocycles. The third-order valence-electron chi connectivity index (χ3n) is 3.62. The molecule has 0 atom stereocenters. The molecular formula is C17H17N3O3S. The smallest absolute Gasteiger partial charge is 0.250 e. The van der Waals surface area contributed by atoms with Gasteiger partial charge in [0.25, 0.3) is 0 Å². The average molecular weight is 343 g/mol. The summed E-state index contributed by atoms with van der Waals surface area (Å²) >= 11 is 1.33. The number of rotatable bonds is 4. The molecule has 1 aromatic carbocycles. The van der Waals surface area contributed by atoms with Gasteiger partial charge in [-0.2, -0.15) is 0 Å². The third kappa shape index (κ3) is 3.16. The molecule has 0 unspecified atom stereocenters. The zero-order chi connectivity index (χ0) is 17.3. The van der Waals surface area contributed by atoms with Gasteiger partial charge in [0, 0.05) is 23.1 Å². The van der Waals surface area contributed by atoms with Crippen LogP contribution in [0.1, 0.15) is 23.1 Å². The van der Waals surface area contributed by atoms with E-state index in [2.05, 4.69) is 15.5 Å². The SMILES string of the molecule is COc1cc2occ(C)c2cc1/C(C)=C/C(=O)Nc1nnc(C)s1. The molecular weight excluding hydrogens is 326 g/mol. The fourth-order valence-corrected chi connectivity index (χ4v) is 3.02. The van der Waals surface area contributed by atoms with Gasteiger partial charge in [-0.3, -0.25) is 10.1 Å². The second-order valence-corrected chi connectivity index (χ2v) is 6.59. The Kier molecular flexibility index (Phi) is 4.35. The van der Waals surface area contributed by atoms with Crippen LogP contribution in [0.3, 0.4) is 0 Å². The average Bonchev–Trinajstić information content (AvgIpc) is 3.11. The standard InChI is InChI=1S/C17H17N3O3S/c1-9(5-16(21)18-17-20-19-11(3)24-17)12-6-13-10(2)8-23-15(13)7-14(12)22-4/h5-8H,1-4H3,(H,18,20,21)/b9-5+. The summed E-state index contributed by atoms with van der Waals surface area (Å²) in [7, 11) is 1.60. The fraction of sp³-hybridized carbons (Fsp3) is 0.235. The molecule has 0 aliphatic heterocycles. The zero-order valence-corrected chi connectivity index (χ0v) is 14.7. The molecule has 0 radical (unpaired) electrons. The van der Waals surface area contributed by atoms with E-state index in [4.69, 9.17) is 9.15 Å². The Labute approximate surface area is 143 Å². The highest BCUT2D eigenvalue weighted by Gasteiger charge is 2.13. The number of carbonyl (C=O) groups is 1. The summed E-state index contributed by atoms with van der Waals surface area (Å²) in [6, 6.07) is 3.81. The first-order valence-electron chi connectivity index (χ1n) is 7.33. The number of allylic oxidation sites excluding steroid dienone is 1. The number of aromatic nitrogens is 2. The number of benzene rings is 1. The molecule has 0 spiro atoms. The molecule has 0 aliphatic rings. The van der Waals surface area contributed by atoms with E-state index >= 15 is 0 Å². The van der Waals surface area contributed by atoms with Gasteiger partial charge in [-0.15, -0.1) is 10.2 Å². The lowest BCUT2D eigenvalue weighted by molar-refractivity contribution is -0.111. The maximum Gasteiger partial charge on any atom is 0.250 e. The predicted molar refractivity (Wildman–Crippen MR) is 94.4 cm³/mol. The maximum atomic E-state index is 12.2. The van der Waals surface area contributed by atoms with Crippen LogP contribution in [0, 0.1) is 13.8 Å². The summed E-state index contributed by atoms with van der Waals surface area (Å²) in [4.78, 5) is 12.2. The van der Waals surface area contributed by atoms with Gasteiger partial charge >= 0.3 is 0 Å². The van der Waals surface area contributed by atoms with E-state index in [-0.39, 0.29) is 5.91 Å². The largest absolute Gasteiger partial charge is 0.496 e. The first kappa shape index (κ1) is 16.2. The Morgan fingerprint density at radius 1 is 1.33 bits per heavy atom. The van der Waals surface area contributed by atoms with Gasteiger partial charge in [0.2, 0.25) is 11.0 Å². The lowest BCUT2D eigenvalue weighted by atomic mass is 10.0. The maximum absolute atomic E-state index is 12.2. The number of aryl methyl sites for hydroxylation is 2. The lowest BCUT2D eigenvalue weighted by Crippen LogP contribution is -2.08. The second-order valence-electron chi connectivity index (χ2n) is 5.41. The van der Waals surface area contributed by atoms with Gasteiger partial charge in [0.05, 0.1) is 13.4 Å². The molecule has 0 bridgehead atoms. The van der Waals surface area contributed by atoms with Crippen molar-refractivity contribution in [2.24, 2.45) is 0 Å². The highest BCUT2D eigenvalue weighted by Crippen LogP contribution is 2.33. The van der Waals surface area contributed by atoms with Gasteiger partial charge in [-0.05, 0) is 38.0 Å². The van der Waals surface area contributed by atoms with Crippen molar-refractivity contribution in [3.8, 4) is 5.75 Å². The van der Waals surface area contributed by atoms with E-state index in [0.29, 0.717) is 10.9 Å². The minimum absolute atomic E-state index is 0.255.